The van der Waals surface area contributed by atoms with Crippen LogP contribution < -0.4 is 15.7 Å². The molecule has 1 saturated heterocycles. The summed E-state index contributed by atoms with van der Waals surface area (Å²) in [6.07, 6.45) is 3.43. The molecule has 0 saturated carbocycles. The van der Waals surface area contributed by atoms with E-state index in [4.69, 9.17) is 4.84 Å². The molecule has 2 aliphatic heterocycles. The molecule has 1 aromatic carbocycles. The number of hydrogen-bond donors (Lipinski definition) is 3. The first-order valence-corrected chi connectivity index (χ1v) is 10.4. The summed E-state index contributed by atoms with van der Waals surface area (Å²) in [4.78, 5) is 26.1. The molecule has 178 valence electrons. The number of nitrogens with one attached hydrogen (secondary N) is 3. The normalized spacial score (nSPS) is 19.7. The van der Waals surface area contributed by atoms with Crippen LogP contribution in [0.1, 0.15) is 24.4 Å². The zero-order valence-corrected chi connectivity index (χ0v) is 17.5. The van der Waals surface area contributed by atoms with E-state index in [1.165, 1.54) is 29.4 Å². The van der Waals surface area contributed by atoms with Crippen molar-refractivity contribution in [2.75, 3.05) is 23.3 Å². The van der Waals surface area contributed by atoms with Gasteiger partial charge in [0.1, 0.15) is 0 Å². The number of anilines is 2. The van der Waals surface area contributed by atoms with Crippen molar-refractivity contribution >= 4 is 28.3 Å². The first kappa shape index (κ1) is 22.1. The fraction of sp³-hybridized carbons (Fsp3) is 0.273. The molecule has 1 atom stereocenters. The Morgan fingerprint density at radius 3 is 2.59 bits per heavy atom. The summed E-state index contributed by atoms with van der Waals surface area (Å²) in [7, 11) is 0. The maximum Gasteiger partial charge on any atom is 0.293 e. The van der Waals surface area contributed by atoms with E-state index >= 15 is 0 Å². The van der Waals surface area contributed by atoms with Gasteiger partial charge in [-0.3, -0.25) is 4.79 Å². The van der Waals surface area contributed by atoms with Crippen molar-refractivity contribution in [3.63, 3.8) is 0 Å². The van der Waals surface area contributed by atoms with Crippen LogP contribution in [0.15, 0.2) is 42.4 Å². The van der Waals surface area contributed by atoms with Gasteiger partial charge in [0, 0.05) is 49.8 Å². The number of H-pyrrole nitrogens is 1. The number of carbonyl (C=O) groups excluding carboxylic acids is 1. The average molecular weight is 479 g/mol. The molecule has 1 amide bonds. The Balaban J connectivity index is 1.29. The van der Waals surface area contributed by atoms with E-state index in [0.717, 1.165) is 12.1 Å². The topological polar surface area (TPSA) is 82.3 Å². The standard InChI is InChI=1S/C22H18F5N5O2/c23-13-6-12-17(7-14(13)24)28-10-18(12)30-21(33)19-8-16(31-34-19)11-5-15(25)20(29-9-11)32-3-1-22(26,27)2-4-32/h5-10,16,28,31H,1-4H2,(H,30,33). The number of rotatable bonds is 4. The molecule has 0 bridgehead atoms. The third kappa shape index (κ3) is 4.16. The van der Waals surface area contributed by atoms with Gasteiger partial charge in [-0.25, -0.2) is 26.9 Å². The van der Waals surface area contributed by atoms with Crippen molar-refractivity contribution in [2.45, 2.75) is 24.8 Å². The molecular weight excluding hydrogens is 461 g/mol. The molecule has 2 aliphatic rings. The van der Waals surface area contributed by atoms with Gasteiger partial charge in [-0.15, -0.1) is 5.48 Å². The lowest BCUT2D eigenvalue weighted by Crippen LogP contribution is -2.40. The first-order valence-electron chi connectivity index (χ1n) is 10.4. The first-order chi connectivity index (χ1) is 16.2. The maximum atomic E-state index is 14.7. The Labute approximate surface area is 189 Å². The van der Waals surface area contributed by atoms with Gasteiger partial charge in [0.05, 0.1) is 17.2 Å². The van der Waals surface area contributed by atoms with E-state index in [0.29, 0.717) is 11.1 Å². The molecule has 2 aromatic heterocycles. The monoisotopic (exact) mass is 479 g/mol. The van der Waals surface area contributed by atoms with Crippen molar-refractivity contribution < 1.29 is 31.6 Å². The molecule has 7 nitrogen and oxygen atoms in total. The van der Waals surface area contributed by atoms with Gasteiger partial charge >= 0.3 is 0 Å². The summed E-state index contributed by atoms with van der Waals surface area (Å²) < 4.78 is 68.3. The van der Waals surface area contributed by atoms with E-state index in [9.17, 15) is 26.7 Å². The Bertz CT molecular complexity index is 1300. The van der Waals surface area contributed by atoms with Gasteiger partial charge in [0.15, 0.2) is 23.3 Å². The minimum Gasteiger partial charge on any atom is -0.402 e. The number of pyridine rings is 1. The van der Waals surface area contributed by atoms with Crippen molar-refractivity contribution in [3.05, 3.63) is 65.4 Å². The minimum absolute atomic E-state index is 0.00431. The fourth-order valence-corrected chi connectivity index (χ4v) is 3.93. The summed E-state index contributed by atoms with van der Waals surface area (Å²) in [5.74, 6) is -6.31. The highest BCUT2D eigenvalue weighted by Crippen LogP contribution is 2.32. The number of benzene rings is 1. The van der Waals surface area contributed by atoms with E-state index in [1.54, 1.807) is 0 Å². The Hall–Kier alpha value is -3.67. The lowest BCUT2D eigenvalue weighted by atomic mass is 10.1. The summed E-state index contributed by atoms with van der Waals surface area (Å²) in [6, 6.07) is 2.44. The van der Waals surface area contributed by atoms with Gasteiger partial charge in [-0.2, -0.15) is 0 Å². The summed E-state index contributed by atoms with van der Waals surface area (Å²) >= 11 is 0. The van der Waals surface area contributed by atoms with Crippen LogP contribution in [0.5, 0.6) is 0 Å². The smallest absolute Gasteiger partial charge is 0.293 e. The van der Waals surface area contributed by atoms with Crippen LogP contribution in [0.2, 0.25) is 0 Å². The second-order valence-electron chi connectivity index (χ2n) is 8.11. The lowest BCUT2D eigenvalue weighted by Gasteiger charge is -2.32. The highest BCUT2D eigenvalue weighted by molar-refractivity contribution is 6.07. The number of aromatic nitrogens is 2. The van der Waals surface area contributed by atoms with Crippen molar-refractivity contribution in [1.29, 1.82) is 0 Å². The highest BCUT2D eigenvalue weighted by Gasteiger charge is 2.35. The van der Waals surface area contributed by atoms with E-state index in [1.807, 2.05) is 0 Å². The van der Waals surface area contributed by atoms with Crippen LogP contribution in [0.25, 0.3) is 10.9 Å². The number of piperidine rings is 1. The minimum atomic E-state index is -2.75. The number of hydrogen-bond acceptors (Lipinski definition) is 5. The Morgan fingerprint density at radius 2 is 1.85 bits per heavy atom. The summed E-state index contributed by atoms with van der Waals surface area (Å²) in [5, 5.41) is 2.82. The molecule has 4 heterocycles. The van der Waals surface area contributed by atoms with Gasteiger partial charge in [0.2, 0.25) is 5.76 Å². The third-order valence-corrected chi connectivity index (χ3v) is 5.81. The zero-order valence-electron chi connectivity index (χ0n) is 17.5. The molecule has 1 fully saturated rings. The molecular formula is C22H18F5N5O2. The van der Waals surface area contributed by atoms with Crippen molar-refractivity contribution in [1.82, 2.24) is 15.4 Å². The summed E-state index contributed by atoms with van der Waals surface area (Å²) in [6.45, 7) is -0.00862. The van der Waals surface area contributed by atoms with Crippen molar-refractivity contribution in [2.24, 2.45) is 0 Å². The Kier molecular flexibility index (Phi) is 5.39. The molecule has 0 radical (unpaired) electrons. The molecule has 3 aromatic rings. The van der Waals surface area contributed by atoms with Crippen LogP contribution in [0.4, 0.5) is 33.5 Å². The van der Waals surface area contributed by atoms with Gasteiger partial charge in [-0.1, -0.05) is 0 Å². The van der Waals surface area contributed by atoms with Crippen LogP contribution in [-0.4, -0.2) is 34.9 Å². The number of nitrogens with zero attached hydrogens (tertiary/aromatic N) is 2. The average Bonchev–Trinajstić information content (AvgIpc) is 3.43. The highest BCUT2D eigenvalue weighted by atomic mass is 19.3. The third-order valence-electron chi connectivity index (χ3n) is 5.81. The lowest BCUT2D eigenvalue weighted by molar-refractivity contribution is -0.116. The SMILES string of the molecule is O=C(Nc1c[nH]c2cc(F)c(F)cc12)C1=CC(c2cnc(N3CCC(F)(F)CC3)c(F)c2)NO1. The van der Waals surface area contributed by atoms with Gasteiger partial charge in [-0.05, 0) is 23.8 Å². The predicted octanol–water partition coefficient (Wildman–Crippen LogP) is 4.31. The largest absolute Gasteiger partial charge is 0.402 e. The van der Waals surface area contributed by atoms with Gasteiger partial charge in [0.25, 0.3) is 11.8 Å². The molecule has 0 spiro atoms. The molecule has 34 heavy (non-hydrogen) atoms. The van der Waals surface area contributed by atoms with Crippen LogP contribution >= 0.6 is 0 Å². The van der Waals surface area contributed by atoms with Crippen LogP contribution in [0, 0.1) is 17.5 Å². The zero-order chi connectivity index (χ0) is 24.0. The van der Waals surface area contributed by atoms with Gasteiger partial charge < -0.3 is 20.0 Å². The maximum absolute atomic E-state index is 14.7. The van der Waals surface area contributed by atoms with E-state index in [-0.39, 0.29) is 48.6 Å². The quantitative estimate of drug-likeness (QED) is 0.486. The molecule has 1 unspecified atom stereocenters. The summed E-state index contributed by atoms with van der Waals surface area (Å²) in [5.41, 5.74) is 3.46. The van der Waals surface area contributed by atoms with Crippen LogP contribution in [-0.2, 0) is 9.63 Å². The number of aromatic amines is 1. The molecule has 5 rings (SSSR count). The van der Waals surface area contributed by atoms with E-state index in [2.05, 4.69) is 20.8 Å². The van der Waals surface area contributed by atoms with Crippen molar-refractivity contribution in [3.8, 4) is 0 Å². The number of fused-ring (bicyclic) bond motifs is 1. The number of halogens is 5. The second-order valence-corrected chi connectivity index (χ2v) is 8.11. The van der Waals surface area contributed by atoms with E-state index < -0.39 is 35.3 Å². The molecule has 12 heteroatoms. The predicted molar refractivity (Wildman–Crippen MR) is 112 cm³/mol. The number of amides is 1. The molecule has 3 N–H and O–H groups in total. The number of carbonyl (C=O) groups is 1. The number of alkyl halides is 2. The fourth-order valence-electron chi connectivity index (χ4n) is 3.93. The number of hydroxylamine groups is 1. The second kappa shape index (κ2) is 8.28. The van der Waals surface area contributed by atoms with Crippen LogP contribution in [0.3, 0.4) is 0 Å². The Morgan fingerprint density at radius 1 is 1.12 bits per heavy atom. The molecule has 0 aliphatic carbocycles.